The normalized spacial score (nSPS) is 11.4. The molecule has 0 fully saturated rings. The van der Waals surface area contributed by atoms with E-state index in [2.05, 4.69) is 15.4 Å². The van der Waals surface area contributed by atoms with E-state index in [1.807, 2.05) is 51.4 Å². The van der Waals surface area contributed by atoms with Gasteiger partial charge in [0, 0.05) is 29.2 Å². The Hall–Kier alpha value is -3.74. The van der Waals surface area contributed by atoms with Crippen molar-refractivity contribution in [2.24, 2.45) is 0 Å². The van der Waals surface area contributed by atoms with E-state index in [-0.39, 0.29) is 29.9 Å². The number of benzene rings is 2. The van der Waals surface area contributed by atoms with Crippen LogP contribution in [0.1, 0.15) is 52.8 Å². The quantitative estimate of drug-likeness (QED) is 0.454. The number of nitrogens with zero attached hydrogens (tertiary/aromatic N) is 2. The molecule has 4 aromatic rings. The van der Waals surface area contributed by atoms with Gasteiger partial charge in [0.25, 0.3) is 11.5 Å². The van der Waals surface area contributed by atoms with Crippen LogP contribution >= 0.6 is 0 Å². The second-order valence-electron chi connectivity index (χ2n) is 8.67. The molecular formula is C26H27FN4O2. The highest BCUT2D eigenvalue weighted by molar-refractivity contribution is 6.09. The SMILES string of the molecule is Cc1cc(C)c(CNC(=O)c2cc(-c3ccc(F)cc3)cc3c2c(C)nn3C(C)C)c(=O)[nH]1. The van der Waals surface area contributed by atoms with Gasteiger partial charge in [0.2, 0.25) is 0 Å². The van der Waals surface area contributed by atoms with E-state index in [9.17, 15) is 14.0 Å². The van der Waals surface area contributed by atoms with Gasteiger partial charge in [0.1, 0.15) is 5.82 Å². The second-order valence-corrected chi connectivity index (χ2v) is 8.67. The van der Waals surface area contributed by atoms with Crippen molar-refractivity contribution in [3.8, 4) is 11.1 Å². The fraction of sp³-hybridized carbons (Fsp3) is 0.269. The molecule has 2 heterocycles. The Morgan fingerprint density at radius 3 is 2.42 bits per heavy atom. The van der Waals surface area contributed by atoms with Crippen LogP contribution in [-0.4, -0.2) is 20.7 Å². The predicted octanol–water partition coefficient (Wildman–Crippen LogP) is 4.97. The number of rotatable bonds is 5. The van der Waals surface area contributed by atoms with Crippen LogP contribution in [0.25, 0.3) is 22.0 Å². The van der Waals surface area contributed by atoms with Crippen molar-refractivity contribution in [1.29, 1.82) is 0 Å². The largest absolute Gasteiger partial charge is 0.348 e. The zero-order valence-corrected chi connectivity index (χ0v) is 19.4. The average molecular weight is 447 g/mol. The molecule has 0 atom stereocenters. The average Bonchev–Trinajstić information content (AvgIpc) is 3.09. The maximum absolute atomic E-state index is 13.5. The number of carbonyl (C=O) groups is 1. The molecule has 0 radical (unpaired) electrons. The first-order valence-corrected chi connectivity index (χ1v) is 10.9. The minimum atomic E-state index is -0.320. The summed E-state index contributed by atoms with van der Waals surface area (Å²) in [5.41, 5.74) is 5.56. The van der Waals surface area contributed by atoms with Crippen LogP contribution in [0.3, 0.4) is 0 Å². The lowest BCUT2D eigenvalue weighted by atomic mass is 9.98. The van der Waals surface area contributed by atoms with Gasteiger partial charge in [-0.25, -0.2) is 4.39 Å². The number of halogens is 1. The van der Waals surface area contributed by atoms with Gasteiger partial charge >= 0.3 is 0 Å². The van der Waals surface area contributed by atoms with Crippen LogP contribution in [0.5, 0.6) is 0 Å². The fourth-order valence-electron chi connectivity index (χ4n) is 4.20. The van der Waals surface area contributed by atoms with Crippen molar-refractivity contribution in [1.82, 2.24) is 20.1 Å². The minimum Gasteiger partial charge on any atom is -0.348 e. The summed E-state index contributed by atoms with van der Waals surface area (Å²) in [5.74, 6) is -0.616. The molecule has 33 heavy (non-hydrogen) atoms. The third-order valence-electron chi connectivity index (χ3n) is 5.81. The summed E-state index contributed by atoms with van der Waals surface area (Å²) in [5, 5.41) is 8.33. The van der Waals surface area contributed by atoms with Gasteiger partial charge in [0.05, 0.1) is 16.8 Å². The Bertz CT molecular complexity index is 1420. The lowest BCUT2D eigenvalue weighted by Gasteiger charge is -2.13. The zero-order valence-electron chi connectivity index (χ0n) is 19.4. The first-order valence-electron chi connectivity index (χ1n) is 10.9. The van der Waals surface area contributed by atoms with E-state index >= 15 is 0 Å². The maximum Gasteiger partial charge on any atom is 0.253 e. The molecule has 0 aliphatic heterocycles. The topological polar surface area (TPSA) is 79.8 Å². The summed E-state index contributed by atoms with van der Waals surface area (Å²) >= 11 is 0. The molecule has 1 amide bonds. The molecule has 0 saturated heterocycles. The first kappa shape index (κ1) is 22.5. The molecule has 7 heteroatoms. The van der Waals surface area contributed by atoms with Crippen molar-refractivity contribution < 1.29 is 9.18 Å². The number of H-pyrrole nitrogens is 1. The Kier molecular flexibility index (Phi) is 5.89. The lowest BCUT2D eigenvalue weighted by Crippen LogP contribution is -2.28. The van der Waals surface area contributed by atoms with Gasteiger partial charge < -0.3 is 10.3 Å². The molecule has 0 bridgehead atoms. The number of pyridine rings is 1. The number of aryl methyl sites for hydroxylation is 3. The molecule has 2 N–H and O–H groups in total. The van der Waals surface area contributed by atoms with Crippen molar-refractivity contribution in [3.05, 3.63) is 86.7 Å². The number of amides is 1. The zero-order chi connectivity index (χ0) is 23.9. The second kappa shape index (κ2) is 8.65. The molecule has 2 aromatic heterocycles. The molecular weight excluding hydrogens is 419 g/mol. The summed E-state index contributed by atoms with van der Waals surface area (Å²) in [6.07, 6.45) is 0. The van der Waals surface area contributed by atoms with Gasteiger partial charge in [-0.15, -0.1) is 0 Å². The Morgan fingerprint density at radius 1 is 1.09 bits per heavy atom. The summed E-state index contributed by atoms with van der Waals surface area (Å²) < 4.78 is 15.4. The molecule has 0 aliphatic carbocycles. The van der Waals surface area contributed by atoms with Crippen LogP contribution in [0.4, 0.5) is 4.39 Å². The van der Waals surface area contributed by atoms with Crippen molar-refractivity contribution in [3.63, 3.8) is 0 Å². The maximum atomic E-state index is 13.5. The van der Waals surface area contributed by atoms with Gasteiger partial charge in [-0.1, -0.05) is 12.1 Å². The van der Waals surface area contributed by atoms with Crippen LogP contribution < -0.4 is 10.9 Å². The molecule has 2 aromatic carbocycles. The summed E-state index contributed by atoms with van der Waals surface area (Å²) in [6, 6.07) is 11.9. The number of aromatic amines is 1. The van der Waals surface area contributed by atoms with Crippen LogP contribution in [0.2, 0.25) is 0 Å². The smallest absolute Gasteiger partial charge is 0.253 e. The third kappa shape index (κ3) is 4.31. The number of aromatic nitrogens is 3. The van der Waals surface area contributed by atoms with Crippen LogP contribution in [-0.2, 0) is 6.54 Å². The molecule has 6 nitrogen and oxygen atoms in total. The monoisotopic (exact) mass is 446 g/mol. The summed E-state index contributed by atoms with van der Waals surface area (Å²) in [7, 11) is 0. The van der Waals surface area contributed by atoms with Gasteiger partial charge in [-0.3, -0.25) is 14.3 Å². The van der Waals surface area contributed by atoms with E-state index in [1.165, 1.54) is 12.1 Å². The van der Waals surface area contributed by atoms with Crippen molar-refractivity contribution >= 4 is 16.8 Å². The highest BCUT2D eigenvalue weighted by Gasteiger charge is 2.20. The van der Waals surface area contributed by atoms with Gasteiger partial charge in [-0.05, 0) is 81.6 Å². The number of hydrogen-bond acceptors (Lipinski definition) is 3. The Balaban J connectivity index is 1.80. The number of fused-ring (bicyclic) bond motifs is 1. The molecule has 4 rings (SSSR count). The van der Waals surface area contributed by atoms with E-state index < -0.39 is 0 Å². The predicted molar refractivity (Wildman–Crippen MR) is 128 cm³/mol. The standard InChI is InChI=1S/C26H27FN4O2/c1-14(2)31-23-12-19(18-6-8-20(27)9-7-18)11-21(24(23)17(5)30-31)25(32)28-13-22-15(3)10-16(4)29-26(22)33/h6-12,14H,13H2,1-5H3,(H,28,32)(H,29,33). The molecule has 0 spiro atoms. The summed E-state index contributed by atoms with van der Waals surface area (Å²) in [4.78, 5) is 28.5. The molecule has 0 unspecified atom stereocenters. The summed E-state index contributed by atoms with van der Waals surface area (Å²) in [6.45, 7) is 9.73. The minimum absolute atomic E-state index is 0.0920. The highest BCUT2D eigenvalue weighted by atomic mass is 19.1. The number of carbonyl (C=O) groups excluding carboxylic acids is 1. The van der Waals surface area contributed by atoms with Crippen molar-refractivity contribution in [2.45, 2.75) is 47.2 Å². The molecule has 0 aliphatic rings. The Labute approximate surface area is 191 Å². The number of nitrogens with one attached hydrogen (secondary N) is 2. The molecule has 0 saturated carbocycles. The third-order valence-corrected chi connectivity index (χ3v) is 5.81. The van der Waals surface area contributed by atoms with Gasteiger partial charge in [0.15, 0.2) is 0 Å². The van der Waals surface area contributed by atoms with Crippen LogP contribution in [0, 0.1) is 26.6 Å². The van der Waals surface area contributed by atoms with E-state index in [0.717, 1.165) is 39.0 Å². The highest BCUT2D eigenvalue weighted by Crippen LogP contribution is 2.31. The van der Waals surface area contributed by atoms with Gasteiger partial charge in [-0.2, -0.15) is 5.10 Å². The first-order chi connectivity index (χ1) is 15.7. The van der Waals surface area contributed by atoms with E-state index in [0.29, 0.717) is 11.1 Å². The van der Waals surface area contributed by atoms with Crippen LogP contribution in [0.15, 0.2) is 47.3 Å². The molecule has 170 valence electrons. The number of hydrogen-bond donors (Lipinski definition) is 2. The lowest BCUT2D eigenvalue weighted by molar-refractivity contribution is 0.0952. The van der Waals surface area contributed by atoms with Crippen molar-refractivity contribution in [2.75, 3.05) is 0 Å². The van der Waals surface area contributed by atoms with E-state index in [1.54, 1.807) is 18.2 Å². The van der Waals surface area contributed by atoms with E-state index in [4.69, 9.17) is 0 Å². The fourth-order valence-corrected chi connectivity index (χ4v) is 4.20. The Morgan fingerprint density at radius 2 is 1.79 bits per heavy atom.